The Labute approximate surface area is 117 Å². The molecule has 0 saturated heterocycles. The monoisotopic (exact) mass is 336 g/mol. The second kappa shape index (κ2) is 5.54. The Morgan fingerprint density at radius 1 is 1.32 bits per heavy atom. The first-order valence-electron chi connectivity index (χ1n) is 5.75. The molecule has 0 spiro atoms. The summed E-state index contributed by atoms with van der Waals surface area (Å²) in [7, 11) is 0. The van der Waals surface area contributed by atoms with Crippen molar-refractivity contribution in [1.82, 2.24) is 0 Å². The van der Waals surface area contributed by atoms with Crippen LogP contribution >= 0.6 is 15.9 Å². The van der Waals surface area contributed by atoms with Crippen molar-refractivity contribution >= 4 is 15.9 Å². The minimum atomic E-state index is -4.42. The van der Waals surface area contributed by atoms with Gasteiger partial charge >= 0.3 is 6.18 Å². The molecule has 104 valence electrons. The number of aliphatic hydroxyl groups is 1. The molecule has 0 radical (unpaired) electrons. The van der Waals surface area contributed by atoms with Crippen molar-refractivity contribution in [2.75, 3.05) is 6.61 Å². The van der Waals surface area contributed by atoms with Gasteiger partial charge in [0.05, 0.1) is 18.4 Å². The molecule has 1 N–H and O–H groups in total. The Balaban J connectivity index is 2.35. The smallest absolute Gasteiger partial charge is 0.416 e. The molecule has 0 aliphatic carbocycles. The van der Waals surface area contributed by atoms with Crippen molar-refractivity contribution in [1.29, 1.82) is 0 Å². The molecule has 1 heterocycles. The molecule has 6 heteroatoms. The molecule has 2 rings (SSSR count). The Bertz CT molecular complexity index is 497. The highest BCUT2D eigenvalue weighted by Gasteiger charge is 2.32. The zero-order valence-corrected chi connectivity index (χ0v) is 11.5. The molecule has 1 aliphatic heterocycles. The number of benzene rings is 1. The van der Waals surface area contributed by atoms with E-state index in [4.69, 9.17) is 4.74 Å². The first kappa shape index (κ1) is 14.4. The van der Waals surface area contributed by atoms with Crippen LogP contribution in [0, 0.1) is 0 Å². The summed E-state index contributed by atoms with van der Waals surface area (Å²) in [5.41, 5.74) is 0.0138. The summed E-state index contributed by atoms with van der Waals surface area (Å²) in [5.74, 6) is 0. The van der Waals surface area contributed by atoms with Crippen LogP contribution in [0.2, 0.25) is 0 Å². The fourth-order valence-electron chi connectivity index (χ4n) is 1.92. The Morgan fingerprint density at radius 3 is 2.63 bits per heavy atom. The third-order valence-corrected chi connectivity index (χ3v) is 3.65. The molecule has 1 atom stereocenters. The molecule has 1 unspecified atom stereocenters. The van der Waals surface area contributed by atoms with E-state index in [1.807, 2.05) is 0 Å². The highest BCUT2D eigenvalue weighted by molar-refractivity contribution is 9.10. The lowest BCUT2D eigenvalue weighted by atomic mass is 9.96. The quantitative estimate of drug-likeness (QED) is 0.877. The average molecular weight is 337 g/mol. The number of ether oxygens (including phenoxy) is 1. The maximum Gasteiger partial charge on any atom is 0.416 e. The lowest BCUT2D eigenvalue weighted by molar-refractivity contribution is -0.137. The molecular weight excluding hydrogens is 325 g/mol. The molecule has 1 aromatic carbocycles. The van der Waals surface area contributed by atoms with Crippen molar-refractivity contribution in [3.63, 3.8) is 0 Å². The van der Waals surface area contributed by atoms with E-state index in [0.717, 1.165) is 18.6 Å². The molecule has 1 aliphatic rings. The fraction of sp³-hybridized carbons (Fsp3) is 0.385. The second-order valence-electron chi connectivity index (χ2n) is 4.30. The molecule has 19 heavy (non-hydrogen) atoms. The normalized spacial score (nSPS) is 17.6. The molecule has 0 aromatic heterocycles. The van der Waals surface area contributed by atoms with Crippen LogP contribution < -0.4 is 0 Å². The number of hydrogen-bond donors (Lipinski definition) is 1. The van der Waals surface area contributed by atoms with Gasteiger partial charge in [-0.1, -0.05) is 15.9 Å². The Hall–Kier alpha value is -1.01. The highest BCUT2D eigenvalue weighted by atomic mass is 79.9. The van der Waals surface area contributed by atoms with Crippen LogP contribution in [-0.2, 0) is 10.9 Å². The van der Waals surface area contributed by atoms with Crippen LogP contribution in [0.3, 0.4) is 0 Å². The lowest BCUT2D eigenvalue weighted by Crippen LogP contribution is -2.11. The highest BCUT2D eigenvalue weighted by Crippen LogP contribution is 2.37. The van der Waals surface area contributed by atoms with E-state index in [1.165, 1.54) is 12.3 Å². The van der Waals surface area contributed by atoms with Crippen LogP contribution in [0.25, 0.3) is 0 Å². The van der Waals surface area contributed by atoms with Crippen LogP contribution in [0.4, 0.5) is 13.2 Å². The molecule has 1 aromatic rings. The summed E-state index contributed by atoms with van der Waals surface area (Å²) >= 11 is 3.17. The largest absolute Gasteiger partial charge is 0.501 e. The first-order valence-corrected chi connectivity index (χ1v) is 6.54. The minimum Gasteiger partial charge on any atom is -0.501 e. The second-order valence-corrected chi connectivity index (χ2v) is 5.16. The zero-order valence-electron chi connectivity index (χ0n) is 9.88. The fourth-order valence-corrected chi connectivity index (χ4v) is 2.38. The van der Waals surface area contributed by atoms with E-state index < -0.39 is 17.8 Å². The summed E-state index contributed by atoms with van der Waals surface area (Å²) in [6.45, 7) is 0.569. The van der Waals surface area contributed by atoms with Crippen LogP contribution in [-0.4, -0.2) is 11.7 Å². The van der Waals surface area contributed by atoms with Gasteiger partial charge in [0.1, 0.15) is 6.10 Å². The van der Waals surface area contributed by atoms with Gasteiger partial charge in [-0.3, -0.25) is 0 Å². The van der Waals surface area contributed by atoms with E-state index in [-0.39, 0.29) is 5.56 Å². The van der Waals surface area contributed by atoms with Crippen molar-refractivity contribution < 1.29 is 23.0 Å². The lowest BCUT2D eigenvalue weighted by Gasteiger charge is -2.21. The van der Waals surface area contributed by atoms with Crippen LogP contribution in [0.15, 0.2) is 34.5 Å². The number of alkyl halides is 3. The van der Waals surface area contributed by atoms with Gasteiger partial charge in [-0.05, 0) is 42.2 Å². The van der Waals surface area contributed by atoms with E-state index in [2.05, 4.69) is 15.9 Å². The first-order chi connectivity index (χ1) is 8.89. The van der Waals surface area contributed by atoms with Crippen LogP contribution in [0.5, 0.6) is 0 Å². The number of rotatable bonds is 2. The predicted octanol–water partition coefficient (Wildman–Crippen LogP) is 4.20. The summed E-state index contributed by atoms with van der Waals surface area (Å²) in [6, 6.07) is 3.24. The molecular formula is C13H12BrF3O2. The van der Waals surface area contributed by atoms with E-state index in [9.17, 15) is 18.3 Å². The standard InChI is InChI=1S/C13H12BrF3O2/c14-11-4-3-9(13(15,16)17)6-10(11)12(18)8-2-1-5-19-7-8/h3-4,6-7,12,18H,1-2,5H2. The van der Waals surface area contributed by atoms with E-state index in [1.54, 1.807) is 0 Å². The van der Waals surface area contributed by atoms with Gasteiger partial charge in [0.2, 0.25) is 0 Å². The average Bonchev–Trinajstić information content (AvgIpc) is 2.38. The van der Waals surface area contributed by atoms with E-state index >= 15 is 0 Å². The number of aliphatic hydroxyl groups excluding tert-OH is 1. The predicted molar refractivity (Wildman–Crippen MR) is 67.4 cm³/mol. The molecule has 0 saturated carbocycles. The van der Waals surface area contributed by atoms with Crippen molar-refractivity contribution in [3.05, 3.63) is 45.6 Å². The summed E-state index contributed by atoms with van der Waals surface area (Å²) < 4.78 is 43.6. The van der Waals surface area contributed by atoms with Crippen molar-refractivity contribution in [2.45, 2.75) is 25.1 Å². The van der Waals surface area contributed by atoms with Gasteiger partial charge < -0.3 is 9.84 Å². The summed E-state index contributed by atoms with van der Waals surface area (Å²) in [5, 5.41) is 10.2. The summed E-state index contributed by atoms with van der Waals surface area (Å²) in [6.07, 6.45) is -2.71. The van der Waals surface area contributed by atoms with Crippen LogP contribution in [0.1, 0.15) is 30.1 Å². The molecule has 0 fully saturated rings. The topological polar surface area (TPSA) is 29.5 Å². The van der Waals surface area contributed by atoms with Crippen molar-refractivity contribution in [3.8, 4) is 0 Å². The van der Waals surface area contributed by atoms with Gasteiger partial charge in [-0.25, -0.2) is 0 Å². The maximum atomic E-state index is 12.7. The van der Waals surface area contributed by atoms with Gasteiger partial charge in [0, 0.05) is 4.47 Å². The third kappa shape index (κ3) is 3.30. The van der Waals surface area contributed by atoms with Crippen molar-refractivity contribution in [2.24, 2.45) is 0 Å². The number of halogens is 4. The number of hydrogen-bond acceptors (Lipinski definition) is 2. The Kier molecular flexibility index (Phi) is 4.20. The van der Waals surface area contributed by atoms with Gasteiger partial charge in [0.15, 0.2) is 0 Å². The molecule has 0 bridgehead atoms. The third-order valence-electron chi connectivity index (χ3n) is 2.93. The summed E-state index contributed by atoms with van der Waals surface area (Å²) in [4.78, 5) is 0. The van der Waals surface area contributed by atoms with E-state index in [0.29, 0.717) is 23.1 Å². The molecule has 2 nitrogen and oxygen atoms in total. The minimum absolute atomic E-state index is 0.201. The van der Waals surface area contributed by atoms with Gasteiger partial charge in [0.25, 0.3) is 0 Å². The zero-order chi connectivity index (χ0) is 14.0. The SMILES string of the molecule is OC(C1=COCCC1)c1cc(C(F)(F)F)ccc1Br. The van der Waals surface area contributed by atoms with Gasteiger partial charge in [-0.15, -0.1) is 0 Å². The Morgan fingerprint density at radius 2 is 2.05 bits per heavy atom. The maximum absolute atomic E-state index is 12.7. The van der Waals surface area contributed by atoms with Gasteiger partial charge in [-0.2, -0.15) is 13.2 Å². The molecule has 0 amide bonds.